The number of hydrogen-bond acceptors (Lipinski definition) is 8. The normalized spacial score (nSPS) is 20.3. The first-order valence-electron chi connectivity index (χ1n) is 16.3. The molecule has 0 saturated heterocycles. The van der Waals surface area contributed by atoms with E-state index in [0.29, 0.717) is 25.4 Å². The summed E-state index contributed by atoms with van der Waals surface area (Å²) in [4.78, 5) is 29.4. The highest BCUT2D eigenvalue weighted by molar-refractivity contribution is 7.92. The van der Waals surface area contributed by atoms with E-state index in [4.69, 9.17) is 9.47 Å². The van der Waals surface area contributed by atoms with E-state index >= 15 is 0 Å². The van der Waals surface area contributed by atoms with Gasteiger partial charge in [0.05, 0.1) is 40.9 Å². The number of amides is 1. The molecule has 0 aliphatic carbocycles. The molecule has 12 heteroatoms. The van der Waals surface area contributed by atoms with E-state index in [1.165, 1.54) is 18.2 Å². The van der Waals surface area contributed by atoms with E-state index in [2.05, 4.69) is 9.62 Å². The minimum absolute atomic E-state index is 0.0962. The number of nitrogens with one attached hydrogen (secondary N) is 1. The van der Waals surface area contributed by atoms with E-state index in [9.17, 15) is 28.2 Å². The quantitative estimate of drug-likeness (QED) is 0.266. The highest BCUT2D eigenvalue weighted by Crippen LogP contribution is 2.29. The number of likely N-dealkylation sites (N-methyl/N-ethyl adjacent to an activating group) is 1. The standard InChI is InChI=1S/C36H47N3O8S/c1-25-21-39(26(2)24-40)35(41)32-20-30(37-48(44,45)31-11-6-5-7-12-31)17-18-33(32)47-27(3)10-8-9-19-46-34(25)23-38(4)22-28-13-15-29(16-14-28)36(42)43/h5-7,11-18,20,25-27,34,37,40H,8-10,19,21-24H2,1-4H3,(H,42,43)/t25-,26-,27+,34-/m0/s1. The lowest BCUT2D eigenvalue weighted by molar-refractivity contribution is -0.0177. The predicted octanol–water partition coefficient (Wildman–Crippen LogP) is 5.11. The van der Waals surface area contributed by atoms with Gasteiger partial charge in [-0.15, -0.1) is 0 Å². The SMILES string of the molecule is C[C@@H]1CCCCO[C@@H](CN(C)Cc2ccc(C(=O)O)cc2)[C@@H](C)CN([C@@H](C)CO)C(=O)c2cc(NS(=O)(=O)c3ccccc3)ccc2O1. The van der Waals surface area contributed by atoms with Crippen molar-refractivity contribution in [3.63, 3.8) is 0 Å². The summed E-state index contributed by atoms with van der Waals surface area (Å²) >= 11 is 0. The monoisotopic (exact) mass is 681 g/mol. The number of rotatable bonds is 10. The molecule has 4 rings (SSSR count). The van der Waals surface area contributed by atoms with Crippen molar-refractivity contribution < 1.29 is 37.7 Å². The van der Waals surface area contributed by atoms with Crippen LogP contribution in [0.25, 0.3) is 0 Å². The van der Waals surface area contributed by atoms with Crippen LogP contribution in [-0.4, -0.2) is 91.9 Å². The Labute approximate surface area is 283 Å². The molecule has 3 aromatic rings. The number of carbonyl (C=O) groups excluding carboxylic acids is 1. The molecule has 0 fully saturated rings. The van der Waals surface area contributed by atoms with Gasteiger partial charge in [0.2, 0.25) is 0 Å². The average molecular weight is 682 g/mol. The summed E-state index contributed by atoms with van der Waals surface area (Å²) < 4.78 is 41.5. The molecule has 260 valence electrons. The fourth-order valence-corrected chi connectivity index (χ4v) is 6.77. The van der Waals surface area contributed by atoms with Crippen molar-refractivity contribution in [3.8, 4) is 5.75 Å². The third-order valence-corrected chi connectivity index (χ3v) is 9.90. The lowest BCUT2D eigenvalue weighted by Crippen LogP contribution is -2.47. The minimum Gasteiger partial charge on any atom is -0.490 e. The number of hydrogen-bond donors (Lipinski definition) is 3. The second-order valence-corrected chi connectivity index (χ2v) is 14.3. The van der Waals surface area contributed by atoms with E-state index in [-0.39, 0.29) is 53.0 Å². The van der Waals surface area contributed by atoms with E-state index in [0.717, 1.165) is 24.8 Å². The third kappa shape index (κ3) is 10.0. The van der Waals surface area contributed by atoms with Crippen LogP contribution in [0.3, 0.4) is 0 Å². The molecular weight excluding hydrogens is 634 g/mol. The Morgan fingerprint density at radius 3 is 2.44 bits per heavy atom. The van der Waals surface area contributed by atoms with Crippen LogP contribution in [0.5, 0.6) is 5.75 Å². The van der Waals surface area contributed by atoms with Gasteiger partial charge in [-0.25, -0.2) is 13.2 Å². The number of aliphatic hydroxyl groups excluding tert-OH is 1. The summed E-state index contributed by atoms with van der Waals surface area (Å²) in [5.74, 6) is -1.17. The zero-order valence-corrected chi connectivity index (χ0v) is 28.9. The van der Waals surface area contributed by atoms with Crippen LogP contribution in [0.1, 0.15) is 66.3 Å². The van der Waals surface area contributed by atoms with Gasteiger partial charge in [0.1, 0.15) is 5.75 Å². The molecule has 0 unspecified atom stereocenters. The van der Waals surface area contributed by atoms with Crippen LogP contribution in [0.4, 0.5) is 5.69 Å². The molecular formula is C36H47N3O8S. The maximum atomic E-state index is 14.4. The van der Waals surface area contributed by atoms with E-state index in [1.54, 1.807) is 66.4 Å². The number of nitrogens with zero attached hydrogens (tertiary/aromatic N) is 2. The fraction of sp³-hybridized carbons (Fsp3) is 0.444. The molecule has 0 aromatic heterocycles. The van der Waals surface area contributed by atoms with Crippen LogP contribution < -0.4 is 9.46 Å². The number of anilines is 1. The Kier molecular flexibility index (Phi) is 13.0. The summed E-state index contributed by atoms with van der Waals surface area (Å²) in [6.45, 7) is 7.37. The number of ether oxygens (including phenoxy) is 2. The Morgan fingerprint density at radius 1 is 1.06 bits per heavy atom. The second kappa shape index (κ2) is 16.9. The summed E-state index contributed by atoms with van der Waals surface area (Å²) in [6, 6.07) is 18.9. The second-order valence-electron chi connectivity index (χ2n) is 12.6. The van der Waals surface area contributed by atoms with Crippen molar-refractivity contribution in [2.45, 2.75) is 69.7 Å². The molecule has 1 heterocycles. The van der Waals surface area contributed by atoms with Crippen LogP contribution in [-0.2, 0) is 21.3 Å². The summed E-state index contributed by atoms with van der Waals surface area (Å²) in [5, 5.41) is 19.5. The maximum absolute atomic E-state index is 14.4. The number of sulfonamides is 1. The summed E-state index contributed by atoms with van der Waals surface area (Å²) in [6.07, 6.45) is 1.92. The Morgan fingerprint density at radius 2 is 1.77 bits per heavy atom. The number of carboxylic acid groups (broad SMARTS) is 1. The van der Waals surface area contributed by atoms with Crippen molar-refractivity contribution in [1.29, 1.82) is 0 Å². The molecule has 1 amide bonds. The highest BCUT2D eigenvalue weighted by atomic mass is 32.2. The fourth-order valence-electron chi connectivity index (χ4n) is 5.70. The number of aromatic carboxylic acids is 1. The molecule has 1 aliphatic heterocycles. The first-order valence-corrected chi connectivity index (χ1v) is 17.8. The van der Waals surface area contributed by atoms with Gasteiger partial charge in [0.25, 0.3) is 15.9 Å². The van der Waals surface area contributed by atoms with Crippen LogP contribution >= 0.6 is 0 Å². The molecule has 4 atom stereocenters. The largest absolute Gasteiger partial charge is 0.490 e. The lowest BCUT2D eigenvalue weighted by Gasteiger charge is -2.36. The van der Waals surface area contributed by atoms with Gasteiger partial charge >= 0.3 is 5.97 Å². The number of carboxylic acids is 1. The molecule has 11 nitrogen and oxygen atoms in total. The number of benzene rings is 3. The molecule has 0 bridgehead atoms. The number of fused-ring (bicyclic) bond motifs is 1. The number of carbonyl (C=O) groups is 2. The van der Waals surface area contributed by atoms with E-state index < -0.39 is 27.9 Å². The smallest absolute Gasteiger partial charge is 0.335 e. The van der Waals surface area contributed by atoms with Crippen molar-refractivity contribution in [3.05, 3.63) is 89.5 Å². The minimum atomic E-state index is -3.91. The molecule has 1 aliphatic rings. The Hall–Kier alpha value is -3.97. The van der Waals surface area contributed by atoms with Gasteiger partial charge in [-0.05, 0) is 88.2 Å². The number of aliphatic hydroxyl groups is 1. The topological polar surface area (TPSA) is 146 Å². The third-order valence-electron chi connectivity index (χ3n) is 8.50. The molecule has 0 spiro atoms. The molecule has 3 N–H and O–H groups in total. The van der Waals surface area contributed by atoms with Gasteiger partial charge in [0.15, 0.2) is 0 Å². The van der Waals surface area contributed by atoms with Crippen LogP contribution in [0.2, 0.25) is 0 Å². The van der Waals surface area contributed by atoms with Crippen molar-refractivity contribution >= 4 is 27.6 Å². The lowest BCUT2D eigenvalue weighted by atomic mass is 10.0. The predicted molar refractivity (Wildman–Crippen MR) is 184 cm³/mol. The van der Waals surface area contributed by atoms with Crippen molar-refractivity contribution in [2.75, 3.05) is 38.1 Å². The van der Waals surface area contributed by atoms with Gasteiger partial charge in [-0.3, -0.25) is 14.4 Å². The van der Waals surface area contributed by atoms with Crippen molar-refractivity contribution in [1.82, 2.24) is 9.80 Å². The average Bonchev–Trinajstić information content (AvgIpc) is 3.06. The van der Waals surface area contributed by atoms with E-state index in [1.807, 2.05) is 20.9 Å². The first-order chi connectivity index (χ1) is 22.9. The maximum Gasteiger partial charge on any atom is 0.335 e. The zero-order valence-electron chi connectivity index (χ0n) is 28.0. The Balaban J connectivity index is 1.61. The molecule has 48 heavy (non-hydrogen) atoms. The zero-order chi connectivity index (χ0) is 34.8. The Bertz CT molecular complexity index is 1620. The molecule has 3 aromatic carbocycles. The molecule has 0 saturated carbocycles. The van der Waals surface area contributed by atoms with Crippen LogP contribution in [0, 0.1) is 5.92 Å². The van der Waals surface area contributed by atoms with Gasteiger partial charge in [-0.1, -0.05) is 37.3 Å². The van der Waals surface area contributed by atoms with Crippen molar-refractivity contribution in [2.24, 2.45) is 5.92 Å². The van der Waals surface area contributed by atoms with Gasteiger partial charge in [-0.2, -0.15) is 0 Å². The summed E-state index contributed by atoms with van der Waals surface area (Å²) in [7, 11) is -1.94. The van der Waals surface area contributed by atoms with Gasteiger partial charge < -0.3 is 24.6 Å². The summed E-state index contributed by atoms with van der Waals surface area (Å²) in [5.41, 5.74) is 1.60. The van der Waals surface area contributed by atoms with Crippen LogP contribution in [0.15, 0.2) is 77.7 Å². The highest BCUT2D eigenvalue weighted by Gasteiger charge is 2.30. The first kappa shape index (κ1) is 36.9. The van der Waals surface area contributed by atoms with Gasteiger partial charge in [0, 0.05) is 37.8 Å². The molecule has 0 radical (unpaired) electrons.